The van der Waals surface area contributed by atoms with E-state index in [9.17, 15) is 19.8 Å². The van der Waals surface area contributed by atoms with E-state index in [1.54, 1.807) is 12.1 Å². The van der Waals surface area contributed by atoms with Crippen molar-refractivity contribution in [3.05, 3.63) is 47.5 Å². The summed E-state index contributed by atoms with van der Waals surface area (Å²) < 4.78 is 20.6. The van der Waals surface area contributed by atoms with Gasteiger partial charge in [0.05, 0.1) is 28.4 Å². The van der Waals surface area contributed by atoms with E-state index >= 15 is 0 Å². The van der Waals surface area contributed by atoms with Crippen LogP contribution in [-0.2, 0) is 20.7 Å². The van der Waals surface area contributed by atoms with Gasteiger partial charge in [0.15, 0.2) is 23.0 Å². The van der Waals surface area contributed by atoms with Crippen molar-refractivity contribution in [3.63, 3.8) is 0 Å². The van der Waals surface area contributed by atoms with Gasteiger partial charge in [-0.05, 0) is 41.5 Å². The SMILES string of the molecule is COC(=O)C(Cc1ccc(O)c(O)c1)NC(=O)C=Cc1cc(OC)c(OC)c(OC)c1. The first kappa shape index (κ1) is 23.4. The Balaban J connectivity index is 2.17. The highest BCUT2D eigenvalue weighted by atomic mass is 16.5. The fourth-order valence-corrected chi connectivity index (χ4v) is 2.86. The standard InChI is InChI=1S/C22H25NO8/c1-28-18-11-14(12-19(29-2)21(18)30-3)6-8-20(26)23-15(22(27)31-4)9-13-5-7-16(24)17(25)10-13/h5-8,10-12,15,24-25H,9H2,1-4H3,(H,23,26). The average Bonchev–Trinajstić information content (AvgIpc) is 2.78. The van der Waals surface area contributed by atoms with E-state index in [2.05, 4.69) is 5.32 Å². The van der Waals surface area contributed by atoms with Crippen LogP contribution in [0.1, 0.15) is 11.1 Å². The zero-order valence-electron chi connectivity index (χ0n) is 17.7. The molecule has 2 aromatic carbocycles. The number of carbonyl (C=O) groups is 2. The highest BCUT2D eigenvalue weighted by Gasteiger charge is 2.22. The van der Waals surface area contributed by atoms with Gasteiger partial charge in [0.25, 0.3) is 0 Å². The van der Waals surface area contributed by atoms with Gasteiger partial charge in [-0.1, -0.05) is 6.07 Å². The fraction of sp³-hybridized carbons (Fsp3) is 0.273. The van der Waals surface area contributed by atoms with Gasteiger partial charge in [-0.15, -0.1) is 0 Å². The molecule has 0 heterocycles. The molecule has 0 fully saturated rings. The van der Waals surface area contributed by atoms with Crippen molar-refractivity contribution < 1.29 is 38.7 Å². The van der Waals surface area contributed by atoms with Crippen LogP contribution in [0, 0.1) is 0 Å². The molecule has 0 radical (unpaired) electrons. The third-order valence-corrected chi connectivity index (χ3v) is 4.40. The number of hydrogen-bond acceptors (Lipinski definition) is 8. The predicted molar refractivity (Wildman–Crippen MR) is 113 cm³/mol. The zero-order valence-corrected chi connectivity index (χ0v) is 17.7. The maximum absolute atomic E-state index is 12.4. The van der Waals surface area contributed by atoms with Gasteiger partial charge in [-0.2, -0.15) is 0 Å². The minimum atomic E-state index is -0.994. The average molecular weight is 431 g/mol. The number of phenolic OH excluding ortho intramolecular Hbond substituents is 2. The quantitative estimate of drug-likeness (QED) is 0.313. The van der Waals surface area contributed by atoms with E-state index in [1.165, 1.54) is 58.8 Å². The first-order valence-corrected chi connectivity index (χ1v) is 9.20. The normalized spacial score (nSPS) is 11.6. The molecule has 0 saturated heterocycles. The molecule has 31 heavy (non-hydrogen) atoms. The van der Waals surface area contributed by atoms with Crippen LogP contribution in [0.15, 0.2) is 36.4 Å². The maximum Gasteiger partial charge on any atom is 0.328 e. The molecule has 0 aliphatic carbocycles. The van der Waals surface area contributed by atoms with Crippen molar-refractivity contribution in [3.8, 4) is 28.7 Å². The minimum Gasteiger partial charge on any atom is -0.504 e. The van der Waals surface area contributed by atoms with Crippen LogP contribution in [0.2, 0.25) is 0 Å². The molecular formula is C22H25NO8. The van der Waals surface area contributed by atoms with E-state index in [-0.39, 0.29) is 17.9 Å². The molecule has 0 aliphatic rings. The van der Waals surface area contributed by atoms with Gasteiger partial charge >= 0.3 is 5.97 Å². The van der Waals surface area contributed by atoms with Crippen LogP contribution < -0.4 is 19.5 Å². The van der Waals surface area contributed by atoms with E-state index in [0.29, 0.717) is 28.4 Å². The van der Waals surface area contributed by atoms with Gasteiger partial charge in [0, 0.05) is 12.5 Å². The largest absolute Gasteiger partial charge is 0.504 e. The molecule has 2 aromatic rings. The molecule has 3 N–H and O–H groups in total. The molecule has 0 aromatic heterocycles. The molecule has 1 amide bonds. The van der Waals surface area contributed by atoms with Crippen LogP contribution in [0.4, 0.5) is 0 Å². The summed E-state index contributed by atoms with van der Waals surface area (Å²) in [6.45, 7) is 0. The highest BCUT2D eigenvalue weighted by molar-refractivity contribution is 5.94. The molecule has 9 nitrogen and oxygen atoms in total. The smallest absolute Gasteiger partial charge is 0.328 e. The van der Waals surface area contributed by atoms with E-state index in [4.69, 9.17) is 18.9 Å². The van der Waals surface area contributed by atoms with Crippen LogP contribution in [0.25, 0.3) is 6.08 Å². The molecule has 0 saturated carbocycles. The summed E-state index contributed by atoms with van der Waals surface area (Å²) in [7, 11) is 5.67. The summed E-state index contributed by atoms with van der Waals surface area (Å²) in [5.74, 6) is -0.503. The van der Waals surface area contributed by atoms with Crippen LogP contribution in [-0.4, -0.2) is 56.6 Å². The Morgan fingerprint density at radius 3 is 2.13 bits per heavy atom. The molecule has 2 rings (SSSR count). The van der Waals surface area contributed by atoms with Gasteiger partial charge in [-0.3, -0.25) is 4.79 Å². The van der Waals surface area contributed by atoms with Crippen molar-refractivity contribution in [2.24, 2.45) is 0 Å². The van der Waals surface area contributed by atoms with Crippen molar-refractivity contribution >= 4 is 18.0 Å². The fourth-order valence-electron chi connectivity index (χ4n) is 2.86. The number of methoxy groups -OCH3 is 4. The Kier molecular flexibility index (Phi) is 8.13. The van der Waals surface area contributed by atoms with Crippen molar-refractivity contribution in [2.75, 3.05) is 28.4 Å². The molecule has 1 atom stereocenters. The second kappa shape index (κ2) is 10.8. The molecule has 0 spiro atoms. The van der Waals surface area contributed by atoms with Gasteiger partial charge in [-0.25, -0.2) is 4.79 Å². The first-order valence-electron chi connectivity index (χ1n) is 9.20. The second-order valence-corrected chi connectivity index (χ2v) is 6.40. The Hall–Kier alpha value is -3.88. The third-order valence-electron chi connectivity index (χ3n) is 4.40. The van der Waals surface area contributed by atoms with Crippen molar-refractivity contribution in [2.45, 2.75) is 12.5 Å². The van der Waals surface area contributed by atoms with Crippen molar-refractivity contribution in [1.29, 1.82) is 0 Å². The lowest BCUT2D eigenvalue weighted by Gasteiger charge is -2.16. The minimum absolute atomic E-state index is 0.0598. The summed E-state index contributed by atoms with van der Waals surface area (Å²) in [6, 6.07) is 6.48. The molecule has 1 unspecified atom stereocenters. The first-order chi connectivity index (χ1) is 14.8. The number of benzene rings is 2. The number of aromatic hydroxyl groups is 2. The van der Waals surface area contributed by atoms with E-state index in [1.807, 2.05) is 0 Å². The summed E-state index contributed by atoms with van der Waals surface area (Å²) in [5.41, 5.74) is 1.14. The number of nitrogens with one attached hydrogen (secondary N) is 1. The number of amides is 1. The van der Waals surface area contributed by atoms with Gasteiger partial charge < -0.3 is 34.5 Å². The lowest BCUT2D eigenvalue weighted by Crippen LogP contribution is -2.42. The number of ether oxygens (including phenoxy) is 4. The lowest BCUT2D eigenvalue weighted by molar-refractivity contribution is -0.144. The Labute approximate surface area is 179 Å². The monoisotopic (exact) mass is 431 g/mol. The van der Waals surface area contributed by atoms with Crippen LogP contribution in [0.5, 0.6) is 28.7 Å². The Bertz CT molecular complexity index is 945. The van der Waals surface area contributed by atoms with Crippen molar-refractivity contribution in [1.82, 2.24) is 5.32 Å². The van der Waals surface area contributed by atoms with Crippen LogP contribution in [0.3, 0.4) is 0 Å². The molecule has 0 aliphatic heterocycles. The van der Waals surface area contributed by atoms with Crippen LogP contribution >= 0.6 is 0 Å². The third kappa shape index (κ3) is 6.05. The summed E-state index contributed by atoms with van der Waals surface area (Å²) in [6.07, 6.45) is 2.84. The topological polar surface area (TPSA) is 124 Å². The second-order valence-electron chi connectivity index (χ2n) is 6.40. The van der Waals surface area contributed by atoms with Gasteiger partial charge in [0.2, 0.25) is 11.7 Å². The maximum atomic E-state index is 12.4. The highest BCUT2D eigenvalue weighted by Crippen LogP contribution is 2.38. The van der Waals surface area contributed by atoms with Gasteiger partial charge in [0.1, 0.15) is 6.04 Å². The van der Waals surface area contributed by atoms with E-state index < -0.39 is 17.9 Å². The molecule has 166 valence electrons. The number of rotatable bonds is 9. The lowest BCUT2D eigenvalue weighted by atomic mass is 10.1. The number of hydrogen-bond donors (Lipinski definition) is 3. The number of carbonyl (C=O) groups excluding carboxylic acids is 2. The Morgan fingerprint density at radius 2 is 1.61 bits per heavy atom. The number of phenols is 2. The summed E-state index contributed by atoms with van der Waals surface area (Å²) >= 11 is 0. The van der Waals surface area contributed by atoms with E-state index in [0.717, 1.165) is 0 Å². The Morgan fingerprint density at radius 1 is 0.968 bits per heavy atom. The summed E-state index contributed by atoms with van der Waals surface area (Å²) in [4.78, 5) is 24.5. The molecule has 9 heteroatoms. The summed E-state index contributed by atoms with van der Waals surface area (Å²) in [5, 5.41) is 21.6. The zero-order chi connectivity index (χ0) is 23.0. The molecular weight excluding hydrogens is 406 g/mol. The predicted octanol–water partition coefficient (Wildman–Crippen LogP) is 2.04. The molecule has 0 bridgehead atoms. The number of esters is 1.